The van der Waals surface area contributed by atoms with Gasteiger partial charge in [-0.1, -0.05) is 60.7 Å². The summed E-state index contributed by atoms with van der Waals surface area (Å²) >= 11 is 0. The van der Waals surface area contributed by atoms with Crippen molar-refractivity contribution in [2.75, 3.05) is 6.79 Å². The molecule has 6 rings (SSSR count). The predicted molar refractivity (Wildman–Crippen MR) is 141 cm³/mol. The van der Waals surface area contributed by atoms with Gasteiger partial charge in [-0.15, -0.1) is 0 Å². The first-order valence-corrected chi connectivity index (χ1v) is 12.0. The van der Waals surface area contributed by atoms with Crippen LogP contribution >= 0.6 is 0 Å². The van der Waals surface area contributed by atoms with Crippen LogP contribution in [0, 0.1) is 6.92 Å². The van der Waals surface area contributed by atoms with Crippen LogP contribution in [-0.4, -0.2) is 21.7 Å². The Labute approximate surface area is 210 Å². The van der Waals surface area contributed by atoms with Gasteiger partial charge in [0.1, 0.15) is 5.82 Å². The Morgan fingerprint density at radius 2 is 1.61 bits per heavy atom. The first kappa shape index (κ1) is 22.1. The van der Waals surface area contributed by atoms with Crippen LogP contribution in [0.5, 0.6) is 11.5 Å². The van der Waals surface area contributed by atoms with Crippen molar-refractivity contribution in [3.05, 3.63) is 108 Å². The van der Waals surface area contributed by atoms with Crippen molar-refractivity contribution >= 4 is 0 Å². The number of aryl methyl sites for hydroxylation is 1. The SMILES string of the molecule is Cc1cccc(-c2[nH]c(CNCc3ccccc3-c3ccccc3)nc2-c2ccc3c(c2)OCO3)n1. The molecule has 2 N–H and O–H groups in total. The van der Waals surface area contributed by atoms with Gasteiger partial charge in [0.15, 0.2) is 11.5 Å². The maximum absolute atomic E-state index is 5.61. The van der Waals surface area contributed by atoms with E-state index in [-0.39, 0.29) is 6.79 Å². The summed E-state index contributed by atoms with van der Waals surface area (Å²) in [4.78, 5) is 13.2. The second-order valence-electron chi connectivity index (χ2n) is 8.77. The van der Waals surface area contributed by atoms with E-state index in [4.69, 9.17) is 19.4 Å². The van der Waals surface area contributed by atoms with Gasteiger partial charge in [-0.25, -0.2) is 4.98 Å². The third kappa shape index (κ3) is 4.46. The van der Waals surface area contributed by atoms with E-state index in [1.54, 1.807) is 0 Å². The number of imidazole rings is 1. The number of nitrogens with one attached hydrogen (secondary N) is 2. The zero-order valence-corrected chi connectivity index (χ0v) is 20.0. The van der Waals surface area contributed by atoms with Crippen LogP contribution in [-0.2, 0) is 13.1 Å². The average molecular weight is 475 g/mol. The Morgan fingerprint density at radius 1 is 0.778 bits per heavy atom. The van der Waals surface area contributed by atoms with Crippen molar-refractivity contribution < 1.29 is 9.47 Å². The zero-order valence-electron chi connectivity index (χ0n) is 20.0. The van der Waals surface area contributed by atoms with Gasteiger partial charge in [0.25, 0.3) is 0 Å². The molecule has 2 aromatic heterocycles. The lowest BCUT2D eigenvalue weighted by Gasteiger charge is -2.10. The van der Waals surface area contributed by atoms with Gasteiger partial charge in [-0.05, 0) is 53.9 Å². The molecule has 0 bridgehead atoms. The topological polar surface area (TPSA) is 72.1 Å². The van der Waals surface area contributed by atoms with E-state index >= 15 is 0 Å². The largest absolute Gasteiger partial charge is 0.454 e. The molecule has 5 aromatic rings. The first-order valence-electron chi connectivity index (χ1n) is 12.0. The maximum atomic E-state index is 5.61. The highest BCUT2D eigenvalue weighted by Gasteiger charge is 2.19. The van der Waals surface area contributed by atoms with Crippen molar-refractivity contribution in [3.8, 4) is 45.3 Å². The minimum Gasteiger partial charge on any atom is -0.454 e. The van der Waals surface area contributed by atoms with Crippen molar-refractivity contribution in [2.24, 2.45) is 0 Å². The summed E-state index contributed by atoms with van der Waals surface area (Å²) in [6, 6.07) is 30.9. The molecule has 0 saturated carbocycles. The van der Waals surface area contributed by atoms with Gasteiger partial charge in [0.2, 0.25) is 6.79 Å². The number of hydrogen-bond acceptors (Lipinski definition) is 5. The number of benzene rings is 3. The lowest BCUT2D eigenvalue weighted by Crippen LogP contribution is -2.14. The van der Waals surface area contributed by atoms with Crippen LogP contribution in [0.25, 0.3) is 33.8 Å². The Balaban J connectivity index is 1.28. The molecule has 178 valence electrons. The molecule has 1 aliphatic rings. The molecule has 0 aliphatic carbocycles. The highest BCUT2D eigenvalue weighted by molar-refractivity contribution is 5.78. The molecule has 0 amide bonds. The van der Waals surface area contributed by atoms with Crippen LogP contribution in [0.4, 0.5) is 0 Å². The maximum Gasteiger partial charge on any atom is 0.231 e. The van der Waals surface area contributed by atoms with Crippen LogP contribution in [0.3, 0.4) is 0 Å². The summed E-state index contributed by atoms with van der Waals surface area (Å²) in [5.41, 5.74) is 8.18. The van der Waals surface area contributed by atoms with Crippen LogP contribution in [0.15, 0.2) is 91.0 Å². The fourth-order valence-corrected chi connectivity index (χ4v) is 4.52. The molecule has 0 atom stereocenters. The standard InChI is InChI=1S/C30H26N4O2/c1-20-8-7-13-25(32-20)30-29(22-14-15-26-27(16-22)36-19-35-26)33-28(34-30)18-31-17-23-11-5-6-12-24(23)21-9-3-2-4-10-21/h2-16,31H,17-19H2,1H3,(H,33,34). The fourth-order valence-electron chi connectivity index (χ4n) is 4.52. The van der Waals surface area contributed by atoms with Gasteiger partial charge in [-0.2, -0.15) is 0 Å². The van der Waals surface area contributed by atoms with Crippen molar-refractivity contribution in [3.63, 3.8) is 0 Å². The van der Waals surface area contributed by atoms with E-state index in [0.717, 1.165) is 52.2 Å². The Bertz CT molecular complexity index is 1510. The van der Waals surface area contributed by atoms with E-state index in [2.05, 4.69) is 58.8 Å². The quantitative estimate of drug-likeness (QED) is 0.297. The number of fused-ring (bicyclic) bond motifs is 1. The molecule has 36 heavy (non-hydrogen) atoms. The third-order valence-corrected chi connectivity index (χ3v) is 6.25. The molecule has 0 spiro atoms. The van der Waals surface area contributed by atoms with E-state index < -0.39 is 0 Å². The lowest BCUT2D eigenvalue weighted by atomic mass is 10.00. The number of ether oxygens (including phenoxy) is 2. The van der Waals surface area contributed by atoms with Crippen LogP contribution in [0.1, 0.15) is 17.1 Å². The normalized spacial score (nSPS) is 12.1. The average Bonchev–Trinajstić information content (AvgIpc) is 3.56. The van der Waals surface area contributed by atoms with Crippen LogP contribution in [0.2, 0.25) is 0 Å². The summed E-state index contributed by atoms with van der Waals surface area (Å²) < 4.78 is 11.1. The molecule has 6 heteroatoms. The molecule has 6 nitrogen and oxygen atoms in total. The molecule has 0 unspecified atom stereocenters. The van der Waals surface area contributed by atoms with Gasteiger partial charge in [-0.3, -0.25) is 4.98 Å². The Kier molecular flexibility index (Phi) is 5.93. The minimum atomic E-state index is 0.241. The highest BCUT2D eigenvalue weighted by Crippen LogP contribution is 2.38. The molecular weight excluding hydrogens is 448 g/mol. The minimum absolute atomic E-state index is 0.241. The smallest absolute Gasteiger partial charge is 0.231 e. The highest BCUT2D eigenvalue weighted by atomic mass is 16.7. The van der Waals surface area contributed by atoms with Gasteiger partial charge in [0.05, 0.1) is 23.6 Å². The number of rotatable bonds is 7. The van der Waals surface area contributed by atoms with E-state index in [9.17, 15) is 0 Å². The lowest BCUT2D eigenvalue weighted by molar-refractivity contribution is 0.174. The summed E-state index contributed by atoms with van der Waals surface area (Å²) in [5.74, 6) is 2.33. The number of pyridine rings is 1. The Morgan fingerprint density at radius 3 is 2.50 bits per heavy atom. The van der Waals surface area contributed by atoms with Gasteiger partial charge >= 0.3 is 0 Å². The van der Waals surface area contributed by atoms with Gasteiger partial charge < -0.3 is 19.8 Å². The first-order chi connectivity index (χ1) is 17.7. The van der Waals surface area contributed by atoms with Crippen molar-refractivity contribution in [1.29, 1.82) is 0 Å². The number of hydrogen-bond donors (Lipinski definition) is 2. The molecular formula is C30H26N4O2. The zero-order chi connectivity index (χ0) is 24.3. The summed E-state index contributed by atoms with van der Waals surface area (Å²) in [6.45, 7) is 3.55. The molecule has 3 heterocycles. The number of nitrogens with zero attached hydrogens (tertiary/aromatic N) is 2. The molecule has 3 aromatic carbocycles. The summed E-state index contributed by atoms with van der Waals surface area (Å²) in [7, 11) is 0. The summed E-state index contributed by atoms with van der Waals surface area (Å²) in [6.07, 6.45) is 0. The number of aromatic amines is 1. The Hall–Kier alpha value is -4.42. The second-order valence-corrected chi connectivity index (χ2v) is 8.77. The molecule has 0 saturated heterocycles. The third-order valence-electron chi connectivity index (χ3n) is 6.25. The number of H-pyrrole nitrogens is 1. The van der Waals surface area contributed by atoms with E-state index in [1.165, 1.54) is 16.7 Å². The fraction of sp³-hybridized carbons (Fsp3) is 0.133. The van der Waals surface area contributed by atoms with Gasteiger partial charge in [0, 0.05) is 17.8 Å². The van der Waals surface area contributed by atoms with Crippen LogP contribution < -0.4 is 14.8 Å². The monoisotopic (exact) mass is 474 g/mol. The van der Waals surface area contributed by atoms with E-state index in [1.807, 2.05) is 49.4 Å². The summed E-state index contributed by atoms with van der Waals surface area (Å²) in [5, 5.41) is 3.57. The molecule has 1 aliphatic heterocycles. The molecule has 0 radical (unpaired) electrons. The van der Waals surface area contributed by atoms with Crippen molar-refractivity contribution in [2.45, 2.75) is 20.0 Å². The molecule has 0 fully saturated rings. The van der Waals surface area contributed by atoms with E-state index in [0.29, 0.717) is 6.54 Å². The number of aromatic nitrogens is 3. The second kappa shape index (κ2) is 9.68. The predicted octanol–water partition coefficient (Wildman–Crippen LogP) is 6.13. The van der Waals surface area contributed by atoms with Crippen molar-refractivity contribution in [1.82, 2.24) is 20.3 Å².